The second-order valence-electron chi connectivity index (χ2n) is 15.7. The lowest BCUT2D eigenvalue weighted by atomic mass is 10.1. The fourth-order valence-electron chi connectivity index (χ4n) is 5.35. The van der Waals surface area contributed by atoms with Gasteiger partial charge in [-0.05, 0) is 96.3 Å². The van der Waals surface area contributed by atoms with Gasteiger partial charge in [0.2, 0.25) is 0 Å². The molecule has 58 heavy (non-hydrogen) atoms. The summed E-state index contributed by atoms with van der Waals surface area (Å²) in [6.45, 7) is 4.06. The lowest BCUT2D eigenvalue weighted by Crippen LogP contribution is -2.37. The van der Waals surface area contributed by atoms with Crippen molar-refractivity contribution in [2.24, 2.45) is 0 Å². The molecule has 0 aliphatic heterocycles. The van der Waals surface area contributed by atoms with E-state index in [9.17, 15) is 19.0 Å². The Labute approximate surface area is 354 Å². The van der Waals surface area contributed by atoms with Crippen LogP contribution in [0.15, 0.2) is 85.1 Å². The first-order chi connectivity index (χ1) is 28.0. The molecule has 9 nitrogen and oxygen atoms in total. The van der Waals surface area contributed by atoms with Crippen LogP contribution in [-0.4, -0.2) is 70.0 Å². The second-order valence-corrected chi connectivity index (χ2v) is 17.1. The van der Waals surface area contributed by atoms with Gasteiger partial charge >= 0.3 is 11.9 Å². The Bertz CT molecular complexity index is 1260. The Morgan fingerprint density at radius 2 is 0.931 bits per heavy atom. The van der Waals surface area contributed by atoms with E-state index in [2.05, 4.69) is 98.9 Å². The van der Waals surface area contributed by atoms with Crippen molar-refractivity contribution in [3.8, 4) is 0 Å². The Kier molecular flexibility index (Phi) is 37.7. The highest BCUT2D eigenvalue weighted by atomic mass is 31.2. The van der Waals surface area contributed by atoms with Crippen LogP contribution in [0.2, 0.25) is 0 Å². The molecule has 0 aromatic carbocycles. The van der Waals surface area contributed by atoms with E-state index in [1.807, 2.05) is 21.1 Å². The maximum Gasteiger partial charge on any atom is 0.306 e. The molecule has 0 fully saturated rings. The highest BCUT2D eigenvalue weighted by Crippen LogP contribution is 2.38. The largest absolute Gasteiger partial charge is 0.756 e. The van der Waals surface area contributed by atoms with E-state index in [1.54, 1.807) is 0 Å². The number of carbonyl (C=O) groups is 2. The number of hydrogen-bond acceptors (Lipinski definition) is 8. The zero-order chi connectivity index (χ0) is 42.8. The molecular formula is C48H82NO8P. The molecule has 0 saturated carbocycles. The summed E-state index contributed by atoms with van der Waals surface area (Å²) in [5.41, 5.74) is 0. The highest BCUT2D eigenvalue weighted by molar-refractivity contribution is 7.45. The van der Waals surface area contributed by atoms with E-state index in [4.69, 9.17) is 18.5 Å². The van der Waals surface area contributed by atoms with Crippen LogP contribution in [0.4, 0.5) is 0 Å². The van der Waals surface area contributed by atoms with Crippen LogP contribution in [-0.2, 0) is 32.7 Å². The molecule has 0 aromatic rings. The normalized spacial score (nSPS) is 14.4. The summed E-state index contributed by atoms with van der Waals surface area (Å²) in [5.74, 6) is -0.924. The molecule has 2 atom stereocenters. The van der Waals surface area contributed by atoms with Crippen molar-refractivity contribution in [2.45, 2.75) is 161 Å². The first-order valence-electron chi connectivity index (χ1n) is 22.3. The quantitative estimate of drug-likeness (QED) is 0.0198. The van der Waals surface area contributed by atoms with Gasteiger partial charge in [0.1, 0.15) is 19.8 Å². The van der Waals surface area contributed by atoms with Crippen molar-refractivity contribution in [1.82, 2.24) is 0 Å². The fraction of sp³-hybridized carbons (Fsp3) is 0.667. The molecule has 0 rings (SSSR count). The van der Waals surface area contributed by atoms with Crippen LogP contribution in [0.5, 0.6) is 0 Å². The predicted molar refractivity (Wildman–Crippen MR) is 240 cm³/mol. The van der Waals surface area contributed by atoms with Crippen molar-refractivity contribution < 1.29 is 42.1 Å². The third kappa shape index (κ3) is 42.8. The number of nitrogens with zero attached hydrogens (tertiary/aromatic N) is 1. The minimum atomic E-state index is -4.65. The van der Waals surface area contributed by atoms with Crippen LogP contribution in [0.3, 0.4) is 0 Å². The van der Waals surface area contributed by atoms with Crippen LogP contribution in [0, 0.1) is 0 Å². The maximum atomic E-state index is 12.7. The summed E-state index contributed by atoms with van der Waals surface area (Å²) in [5, 5.41) is 0. The van der Waals surface area contributed by atoms with Crippen LogP contribution >= 0.6 is 7.82 Å². The number of ether oxygens (including phenoxy) is 2. The van der Waals surface area contributed by atoms with Crippen molar-refractivity contribution in [1.29, 1.82) is 0 Å². The highest BCUT2D eigenvalue weighted by Gasteiger charge is 2.21. The lowest BCUT2D eigenvalue weighted by Gasteiger charge is -2.28. The minimum Gasteiger partial charge on any atom is -0.756 e. The van der Waals surface area contributed by atoms with Gasteiger partial charge in [0.05, 0.1) is 27.7 Å². The summed E-state index contributed by atoms with van der Waals surface area (Å²) in [6, 6.07) is 0. The number of likely N-dealkylation sites (N-methyl/N-ethyl adjacent to an activating group) is 1. The number of quaternary nitrogens is 1. The summed E-state index contributed by atoms with van der Waals surface area (Å²) < 4.78 is 33.8. The zero-order valence-corrected chi connectivity index (χ0v) is 38.1. The molecular weight excluding hydrogens is 750 g/mol. The van der Waals surface area contributed by atoms with E-state index in [-0.39, 0.29) is 26.1 Å². The molecule has 0 spiro atoms. The average molecular weight is 832 g/mol. The molecule has 1 unspecified atom stereocenters. The predicted octanol–water partition coefficient (Wildman–Crippen LogP) is 12.2. The third-order valence-corrected chi connectivity index (χ3v) is 9.85. The molecule has 0 aliphatic carbocycles. The number of esters is 2. The van der Waals surface area contributed by atoms with Crippen molar-refractivity contribution >= 4 is 19.8 Å². The van der Waals surface area contributed by atoms with Gasteiger partial charge in [-0.15, -0.1) is 0 Å². The average Bonchev–Trinajstić information content (AvgIpc) is 3.17. The van der Waals surface area contributed by atoms with Gasteiger partial charge in [-0.2, -0.15) is 0 Å². The van der Waals surface area contributed by atoms with Gasteiger partial charge < -0.3 is 27.9 Å². The first-order valence-corrected chi connectivity index (χ1v) is 23.8. The fourth-order valence-corrected chi connectivity index (χ4v) is 6.08. The van der Waals surface area contributed by atoms with Gasteiger partial charge in [-0.1, -0.05) is 131 Å². The molecule has 0 amide bonds. The second kappa shape index (κ2) is 39.6. The SMILES string of the molecule is CCCCC/C=C\C/C=C\C/C=C\C/C=C\CCCCCC(=O)O[C@H](COC(=O)CCCC/C=C\C/C=C\C/C=C\CCCCC)COP(=O)([O-])OCC[N+](C)(C)C. The number of hydrogen-bond donors (Lipinski definition) is 0. The third-order valence-electron chi connectivity index (χ3n) is 8.89. The van der Waals surface area contributed by atoms with Crippen molar-refractivity contribution in [3.05, 3.63) is 85.1 Å². The van der Waals surface area contributed by atoms with E-state index < -0.39 is 32.5 Å². The maximum absolute atomic E-state index is 12.7. The smallest absolute Gasteiger partial charge is 0.306 e. The Balaban J connectivity index is 4.51. The van der Waals surface area contributed by atoms with Crippen LogP contribution in [0.25, 0.3) is 0 Å². The van der Waals surface area contributed by atoms with E-state index >= 15 is 0 Å². The number of allylic oxidation sites excluding steroid dienone is 14. The van der Waals surface area contributed by atoms with Gasteiger partial charge in [0.25, 0.3) is 7.82 Å². The van der Waals surface area contributed by atoms with Gasteiger partial charge in [0, 0.05) is 12.8 Å². The minimum absolute atomic E-state index is 0.0481. The molecule has 0 radical (unpaired) electrons. The number of phosphoric acid groups is 1. The Morgan fingerprint density at radius 1 is 0.534 bits per heavy atom. The molecule has 0 N–H and O–H groups in total. The molecule has 0 saturated heterocycles. The number of unbranched alkanes of at least 4 members (excludes halogenated alkanes) is 11. The standard InChI is InChI=1S/C48H82NO8P/c1-6-8-10-12-14-16-18-20-22-23-24-25-27-29-31-33-35-37-39-41-48(51)57-46(45-56-58(52,53)55-43-42-49(3,4)5)44-54-47(50)40-38-36-34-32-30-28-26-21-19-17-15-13-11-9-7-2/h14-17,20-22,24-26,29-32,46H,6-13,18-19,23,27-28,33-45H2,1-5H3/b16-14-,17-15-,22-20-,25-24-,26-21-,31-29-,32-30-/t46-/m1/s1. The van der Waals surface area contributed by atoms with E-state index in [0.717, 1.165) is 70.6 Å². The van der Waals surface area contributed by atoms with Crippen molar-refractivity contribution in [3.63, 3.8) is 0 Å². The van der Waals surface area contributed by atoms with Crippen LogP contribution in [0.1, 0.15) is 155 Å². The van der Waals surface area contributed by atoms with Gasteiger partial charge in [-0.25, -0.2) is 0 Å². The van der Waals surface area contributed by atoms with Gasteiger partial charge in [-0.3, -0.25) is 14.2 Å². The molecule has 0 aromatic heterocycles. The molecule has 332 valence electrons. The molecule has 0 aliphatic rings. The van der Waals surface area contributed by atoms with Gasteiger partial charge in [0.15, 0.2) is 6.10 Å². The van der Waals surface area contributed by atoms with E-state index in [1.165, 1.54) is 44.9 Å². The topological polar surface area (TPSA) is 111 Å². The Morgan fingerprint density at radius 3 is 1.38 bits per heavy atom. The first kappa shape index (κ1) is 55.2. The number of phosphoric ester groups is 1. The summed E-state index contributed by atoms with van der Waals surface area (Å²) in [6.07, 6.45) is 50.4. The molecule has 0 heterocycles. The molecule has 0 bridgehead atoms. The monoisotopic (exact) mass is 832 g/mol. The van der Waals surface area contributed by atoms with Crippen molar-refractivity contribution in [2.75, 3.05) is 47.5 Å². The Hall–Kier alpha value is -2.81. The molecule has 10 heteroatoms. The number of rotatable bonds is 39. The van der Waals surface area contributed by atoms with E-state index in [0.29, 0.717) is 23.9 Å². The zero-order valence-electron chi connectivity index (χ0n) is 37.2. The summed E-state index contributed by atoms with van der Waals surface area (Å²) in [7, 11) is 1.11. The lowest BCUT2D eigenvalue weighted by molar-refractivity contribution is -0.870. The number of carbonyl (C=O) groups excluding carboxylic acids is 2. The summed E-state index contributed by atoms with van der Waals surface area (Å²) in [4.78, 5) is 37.5. The summed E-state index contributed by atoms with van der Waals surface area (Å²) >= 11 is 0. The van der Waals surface area contributed by atoms with Crippen LogP contribution < -0.4 is 4.89 Å².